The lowest BCUT2D eigenvalue weighted by molar-refractivity contribution is 0.119. The number of nitrogens with zero attached hydrogens (tertiary/aromatic N) is 1. The SMILES string of the molecule is CC1(O)C=C(CO)C=NC1. The molecule has 0 fully saturated rings. The molecule has 0 saturated carbocycles. The largest absolute Gasteiger partial charge is 0.392 e. The number of aliphatic hydroxyl groups excluding tert-OH is 1. The summed E-state index contributed by atoms with van der Waals surface area (Å²) in [5.41, 5.74) is -0.191. The van der Waals surface area contributed by atoms with Crippen LogP contribution < -0.4 is 0 Å². The molecule has 1 atom stereocenters. The van der Waals surface area contributed by atoms with Crippen molar-refractivity contribution in [3.63, 3.8) is 0 Å². The van der Waals surface area contributed by atoms with Crippen LogP contribution in [0.25, 0.3) is 0 Å². The van der Waals surface area contributed by atoms with E-state index in [-0.39, 0.29) is 6.61 Å². The maximum Gasteiger partial charge on any atom is 0.100 e. The molecule has 1 unspecified atom stereocenters. The molecule has 0 aromatic heterocycles. The van der Waals surface area contributed by atoms with Crippen LogP contribution in [0, 0.1) is 0 Å². The Kier molecular flexibility index (Phi) is 1.87. The highest BCUT2D eigenvalue weighted by atomic mass is 16.3. The molecule has 0 radical (unpaired) electrons. The van der Waals surface area contributed by atoms with E-state index in [0.717, 1.165) is 0 Å². The normalized spacial score (nSPS) is 32.1. The van der Waals surface area contributed by atoms with Crippen molar-refractivity contribution in [3.8, 4) is 0 Å². The fourth-order valence-electron chi connectivity index (χ4n) is 0.916. The van der Waals surface area contributed by atoms with Crippen LogP contribution in [0.3, 0.4) is 0 Å². The lowest BCUT2D eigenvalue weighted by Gasteiger charge is -2.20. The molecule has 0 bridgehead atoms. The first kappa shape index (κ1) is 7.44. The van der Waals surface area contributed by atoms with Crippen molar-refractivity contribution in [1.82, 2.24) is 0 Å². The van der Waals surface area contributed by atoms with Crippen LogP contribution >= 0.6 is 0 Å². The first-order valence-corrected chi connectivity index (χ1v) is 3.19. The van der Waals surface area contributed by atoms with Gasteiger partial charge in [-0.2, -0.15) is 0 Å². The molecule has 2 N–H and O–H groups in total. The second kappa shape index (κ2) is 2.52. The Balaban J connectivity index is 2.75. The van der Waals surface area contributed by atoms with Gasteiger partial charge in [-0.15, -0.1) is 0 Å². The maximum atomic E-state index is 9.37. The van der Waals surface area contributed by atoms with Gasteiger partial charge in [-0.1, -0.05) is 0 Å². The molecular formula is C7H11NO2. The zero-order valence-corrected chi connectivity index (χ0v) is 5.91. The summed E-state index contributed by atoms with van der Waals surface area (Å²) >= 11 is 0. The van der Waals surface area contributed by atoms with Gasteiger partial charge < -0.3 is 10.2 Å². The Labute approximate surface area is 59.7 Å². The van der Waals surface area contributed by atoms with Crippen molar-refractivity contribution in [1.29, 1.82) is 0 Å². The van der Waals surface area contributed by atoms with Gasteiger partial charge in [-0.3, -0.25) is 4.99 Å². The highest BCUT2D eigenvalue weighted by molar-refractivity contribution is 5.80. The zero-order valence-electron chi connectivity index (χ0n) is 5.91. The standard InChI is InChI=1S/C7H11NO2/c1-7(10)2-6(4-9)3-8-5-7/h2-3,9-10H,4-5H2,1H3. The van der Waals surface area contributed by atoms with Gasteiger partial charge in [-0.25, -0.2) is 0 Å². The summed E-state index contributed by atoms with van der Waals surface area (Å²) in [7, 11) is 0. The third-order valence-corrected chi connectivity index (χ3v) is 1.35. The molecule has 0 saturated heterocycles. The molecule has 1 heterocycles. The highest BCUT2D eigenvalue weighted by Gasteiger charge is 2.19. The van der Waals surface area contributed by atoms with Crippen molar-refractivity contribution < 1.29 is 10.2 Å². The van der Waals surface area contributed by atoms with E-state index < -0.39 is 5.60 Å². The first-order valence-electron chi connectivity index (χ1n) is 3.19. The molecule has 3 nitrogen and oxygen atoms in total. The van der Waals surface area contributed by atoms with Crippen LogP contribution in [0.1, 0.15) is 6.92 Å². The van der Waals surface area contributed by atoms with Crippen LogP contribution in [-0.2, 0) is 0 Å². The van der Waals surface area contributed by atoms with Crippen LogP contribution in [0.15, 0.2) is 16.6 Å². The number of aliphatic imine (C=N–C) groups is 1. The van der Waals surface area contributed by atoms with E-state index in [1.54, 1.807) is 19.2 Å². The number of aliphatic hydroxyl groups is 2. The van der Waals surface area contributed by atoms with Crippen LogP contribution in [-0.4, -0.2) is 35.2 Å². The quantitative estimate of drug-likeness (QED) is 0.528. The second-order valence-corrected chi connectivity index (χ2v) is 2.70. The van der Waals surface area contributed by atoms with Crippen molar-refractivity contribution in [2.45, 2.75) is 12.5 Å². The van der Waals surface area contributed by atoms with Crippen molar-refractivity contribution >= 4 is 6.21 Å². The van der Waals surface area contributed by atoms with Gasteiger partial charge >= 0.3 is 0 Å². The van der Waals surface area contributed by atoms with E-state index in [0.29, 0.717) is 12.1 Å². The van der Waals surface area contributed by atoms with Crippen LogP contribution in [0.5, 0.6) is 0 Å². The van der Waals surface area contributed by atoms with E-state index >= 15 is 0 Å². The molecule has 56 valence electrons. The molecule has 10 heavy (non-hydrogen) atoms. The Morgan fingerprint density at radius 3 is 2.90 bits per heavy atom. The topological polar surface area (TPSA) is 52.8 Å². The molecule has 0 amide bonds. The predicted octanol–water partition coefficient (Wildman–Crippen LogP) is -0.260. The van der Waals surface area contributed by atoms with Gasteiger partial charge in [0.05, 0.1) is 13.2 Å². The van der Waals surface area contributed by atoms with Crippen molar-refractivity contribution in [3.05, 3.63) is 11.6 Å². The molecule has 1 aliphatic rings. The highest BCUT2D eigenvalue weighted by Crippen LogP contribution is 2.12. The number of hydrogen-bond acceptors (Lipinski definition) is 3. The summed E-state index contributed by atoms with van der Waals surface area (Å²) in [6.07, 6.45) is 3.21. The van der Waals surface area contributed by atoms with Crippen LogP contribution in [0.4, 0.5) is 0 Å². The van der Waals surface area contributed by atoms with Crippen molar-refractivity contribution in [2.75, 3.05) is 13.2 Å². The summed E-state index contributed by atoms with van der Waals surface area (Å²) in [4.78, 5) is 3.88. The number of hydrogen-bond donors (Lipinski definition) is 2. The second-order valence-electron chi connectivity index (χ2n) is 2.70. The van der Waals surface area contributed by atoms with E-state index in [1.807, 2.05) is 0 Å². The summed E-state index contributed by atoms with van der Waals surface area (Å²) < 4.78 is 0. The summed E-state index contributed by atoms with van der Waals surface area (Å²) in [6.45, 7) is 2.00. The minimum absolute atomic E-state index is 0.0559. The number of rotatable bonds is 1. The van der Waals surface area contributed by atoms with E-state index in [4.69, 9.17) is 5.11 Å². The monoisotopic (exact) mass is 141 g/mol. The molecule has 1 rings (SSSR count). The van der Waals surface area contributed by atoms with Crippen LogP contribution in [0.2, 0.25) is 0 Å². The average molecular weight is 141 g/mol. The summed E-state index contributed by atoms with van der Waals surface area (Å²) in [5, 5.41) is 18.0. The Morgan fingerprint density at radius 2 is 2.50 bits per heavy atom. The fourth-order valence-corrected chi connectivity index (χ4v) is 0.916. The van der Waals surface area contributed by atoms with Gasteiger partial charge in [0.2, 0.25) is 0 Å². The lowest BCUT2D eigenvalue weighted by atomic mass is 10.0. The zero-order chi connectivity index (χ0) is 7.61. The average Bonchev–Trinajstić information content (AvgIpc) is 1.86. The van der Waals surface area contributed by atoms with Crippen molar-refractivity contribution in [2.24, 2.45) is 4.99 Å². The predicted molar refractivity (Wildman–Crippen MR) is 39.2 cm³/mol. The first-order chi connectivity index (χ1) is 4.64. The van der Waals surface area contributed by atoms with Gasteiger partial charge in [0.1, 0.15) is 5.60 Å². The summed E-state index contributed by atoms with van der Waals surface area (Å²) in [5.74, 6) is 0. The van der Waals surface area contributed by atoms with Gasteiger partial charge in [0.15, 0.2) is 0 Å². The fraction of sp³-hybridized carbons (Fsp3) is 0.571. The van der Waals surface area contributed by atoms with Gasteiger partial charge in [0.25, 0.3) is 0 Å². The van der Waals surface area contributed by atoms with E-state index in [9.17, 15) is 5.11 Å². The molecule has 1 aliphatic heterocycles. The minimum Gasteiger partial charge on any atom is -0.392 e. The molecule has 3 heteroatoms. The molecule has 0 aromatic carbocycles. The molecule has 0 aromatic rings. The molecule has 0 spiro atoms. The maximum absolute atomic E-state index is 9.37. The number of dihydropyridines is 1. The summed E-state index contributed by atoms with van der Waals surface area (Å²) in [6, 6.07) is 0. The van der Waals surface area contributed by atoms with E-state index in [2.05, 4.69) is 4.99 Å². The molecular weight excluding hydrogens is 130 g/mol. The third kappa shape index (κ3) is 1.65. The minimum atomic E-state index is -0.868. The molecule has 0 aliphatic carbocycles. The van der Waals surface area contributed by atoms with Gasteiger partial charge in [-0.05, 0) is 18.6 Å². The Hall–Kier alpha value is -0.670. The Morgan fingerprint density at radius 1 is 1.80 bits per heavy atom. The van der Waals surface area contributed by atoms with E-state index in [1.165, 1.54) is 0 Å². The third-order valence-electron chi connectivity index (χ3n) is 1.35. The van der Waals surface area contributed by atoms with Gasteiger partial charge in [0, 0.05) is 6.21 Å². The smallest absolute Gasteiger partial charge is 0.100 e. The Bertz CT molecular complexity index is 182. The lowest BCUT2D eigenvalue weighted by Crippen LogP contribution is -2.28.